The van der Waals surface area contributed by atoms with E-state index >= 15 is 0 Å². The van der Waals surface area contributed by atoms with Gasteiger partial charge in [-0.2, -0.15) is 0 Å². The highest BCUT2D eigenvalue weighted by molar-refractivity contribution is 6.17. The van der Waals surface area contributed by atoms with E-state index in [1.54, 1.807) is 0 Å². The molecule has 0 aromatic rings. The molecule has 0 amide bonds. The van der Waals surface area contributed by atoms with E-state index in [4.69, 9.17) is 11.6 Å². The van der Waals surface area contributed by atoms with Gasteiger partial charge in [0.2, 0.25) is 0 Å². The highest BCUT2D eigenvalue weighted by atomic mass is 35.5. The van der Waals surface area contributed by atoms with Crippen LogP contribution < -0.4 is 0 Å². The SMILES string of the molecule is CCCCCCC([O])CCCl. The van der Waals surface area contributed by atoms with Crippen molar-refractivity contribution in [2.24, 2.45) is 0 Å². The molecule has 1 unspecified atom stereocenters. The third kappa shape index (κ3) is 8.15. The number of halogens is 1. The van der Waals surface area contributed by atoms with Crippen LogP contribution >= 0.6 is 11.6 Å². The average molecular weight is 178 g/mol. The predicted octanol–water partition coefficient (Wildman–Crippen LogP) is 3.38. The van der Waals surface area contributed by atoms with Crippen LogP contribution in [0.3, 0.4) is 0 Å². The van der Waals surface area contributed by atoms with Gasteiger partial charge in [0.15, 0.2) is 0 Å². The largest absolute Gasteiger partial charge is 0.233 e. The maximum absolute atomic E-state index is 11.0. The van der Waals surface area contributed by atoms with Gasteiger partial charge in [0, 0.05) is 5.88 Å². The van der Waals surface area contributed by atoms with Gasteiger partial charge in [-0.25, -0.2) is 5.11 Å². The van der Waals surface area contributed by atoms with E-state index in [-0.39, 0.29) is 0 Å². The molecule has 0 fully saturated rings. The van der Waals surface area contributed by atoms with Crippen molar-refractivity contribution in [2.45, 2.75) is 51.6 Å². The quantitative estimate of drug-likeness (QED) is 0.420. The Morgan fingerprint density at radius 1 is 1.18 bits per heavy atom. The normalized spacial score (nSPS) is 13.4. The molecule has 1 nitrogen and oxygen atoms in total. The zero-order valence-electron chi connectivity index (χ0n) is 7.31. The monoisotopic (exact) mass is 177 g/mol. The first kappa shape index (κ1) is 11.2. The second-order valence-corrected chi connectivity index (χ2v) is 3.33. The molecule has 0 bridgehead atoms. The third-order valence-corrected chi connectivity index (χ3v) is 2.03. The lowest BCUT2D eigenvalue weighted by molar-refractivity contribution is 0.0763. The van der Waals surface area contributed by atoms with E-state index in [1.165, 1.54) is 19.3 Å². The molecular weight excluding hydrogens is 160 g/mol. The number of hydrogen-bond donors (Lipinski definition) is 0. The summed E-state index contributed by atoms with van der Waals surface area (Å²) in [5.41, 5.74) is 0. The minimum absolute atomic E-state index is 0.413. The molecule has 0 aromatic carbocycles. The second kappa shape index (κ2) is 8.35. The Labute approximate surface area is 74.8 Å². The fourth-order valence-electron chi connectivity index (χ4n) is 1.06. The first-order valence-corrected chi connectivity index (χ1v) is 5.06. The van der Waals surface area contributed by atoms with Crippen LogP contribution in [0.5, 0.6) is 0 Å². The maximum Gasteiger partial charge on any atom is 0.0941 e. The molecule has 0 aliphatic rings. The molecule has 0 aromatic heterocycles. The molecule has 0 aliphatic heterocycles. The van der Waals surface area contributed by atoms with Gasteiger partial charge in [-0.3, -0.25) is 0 Å². The minimum Gasteiger partial charge on any atom is -0.233 e. The summed E-state index contributed by atoms with van der Waals surface area (Å²) in [7, 11) is 0. The number of unbranched alkanes of at least 4 members (excludes halogenated alkanes) is 3. The first-order valence-electron chi connectivity index (χ1n) is 4.53. The van der Waals surface area contributed by atoms with Gasteiger partial charge in [-0.1, -0.05) is 32.6 Å². The van der Waals surface area contributed by atoms with Crippen LogP contribution in [0.2, 0.25) is 0 Å². The van der Waals surface area contributed by atoms with E-state index in [1.807, 2.05) is 0 Å². The number of alkyl halides is 1. The molecule has 0 saturated carbocycles. The molecule has 0 rings (SSSR count). The molecule has 11 heavy (non-hydrogen) atoms. The summed E-state index contributed by atoms with van der Waals surface area (Å²) in [6.45, 7) is 2.17. The summed E-state index contributed by atoms with van der Waals surface area (Å²) in [5, 5.41) is 11.0. The Hall–Kier alpha value is 0.250. The van der Waals surface area contributed by atoms with Crippen LogP contribution in [-0.2, 0) is 5.11 Å². The molecule has 0 saturated heterocycles. The molecule has 0 heterocycles. The topological polar surface area (TPSA) is 19.9 Å². The number of rotatable bonds is 7. The van der Waals surface area contributed by atoms with Crippen LogP contribution in [0.15, 0.2) is 0 Å². The van der Waals surface area contributed by atoms with Crippen LogP contribution in [0.25, 0.3) is 0 Å². The van der Waals surface area contributed by atoms with Gasteiger partial charge in [-0.15, -0.1) is 11.6 Å². The van der Waals surface area contributed by atoms with Gasteiger partial charge >= 0.3 is 0 Å². The molecule has 67 valence electrons. The highest BCUT2D eigenvalue weighted by Crippen LogP contribution is 2.08. The summed E-state index contributed by atoms with van der Waals surface area (Å²) in [4.78, 5) is 0. The van der Waals surface area contributed by atoms with Crippen molar-refractivity contribution < 1.29 is 5.11 Å². The van der Waals surface area contributed by atoms with Crippen molar-refractivity contribution in [1.29, 1.82) is 0 Å². The molecule has 0 N–H and O–H groups in total. The molecule has 0 aliphatic carbocycles. The van der Waals surface area contributed by atoms with Gasteiger partial charge in [0.1, 0.15) is 0 Å². The third-order valence-electron chi connectivity index (χ3n) is 1.81. The lowest BCUT2D eigenvalue weighted by atomic mass is 10.1. The maximum atomic E-state index is 11.0. The van der Waals surface area contributed by atoms with Gasteiger partial charge in [0.25, 0.3) is 0 Å². The fourth-order valence-corrected chi connectivity index (χ4v) is 1.31. The smallest absolute Gasteiger partial charge is 0.0941 e. The van der Waals surface area contributed by atoms with Gasteiger partial charge in [-0.05, 0) is 12.8 Å². The molecule has 1 atom stereocenters. The van der Waals surface area contributed by atoms with Crippen LogP contribution in [0.4, 0.5) is 0 Å². The highest BCUT2D eigenvalue weighted by Gasteiger charge is 2.03. The summed E-state index contributed by atoms with van der Waals surface area (Å²) < 4.78 is 0. The standard InChI is InChI=1S/C9H18ClO/c1-2-3-4-5-6-9(11)7-8-10/h9H,2-8H2,1H3. The lowest BCUT2D eigenvalue weighted by Gasteiger charge is -2.04. The van der Waals surface area contributed by atoms with Crippen LogP contribution in [0.1, 0.15) is 45.4 Å². The molecule has 1 radical (unpaired) electrons. The fraction of sp³-hybridized carbons (Fsp3) is 1.00. The Morgan fingerprint density at radius 2 is 1.91 bits per heavy atom. The summed E-state index contributed by atoms with van der Waals surface area (Å²) >= 11 is 5.44. The number of hydrogen-bond acceptors (Lipinski definition) is 0. The van der Waals surface area contributed by atoms with Crippen molar-refractivity contribution in [3.63, 3.8) is 0 Å². The van der Waals surface area contributed by atoms with Gasteiger partial charge < -0.3 is 0 Å². The van der Waals surface area contributed by atoms with E-state index < -0.39 is 6.10 Å². The zero-order chi connectivity index (χ0) is 8.53. The average Bonchev–Trinajstić information content (AvgIpc) is 1.99. The summed E-state index contributed by atoms with van der Waals surface area (Å²) in [6, 6.07) is 0. The summed E-state index contributed by atoms with van der Waals surface area (Å²) in [6.07, 6.45) is 5.81. The Bertz CT molecular complexity index is 76.0. The Balaban J connectivity index is 2.97. The van der Waals surface area contributed by atoms with Crippen molar-refractivity contribution in [2.75, 3.05) is 5.88 Å². The van der Waals surface area contributed by atoms with Crippen molar-refractivity contribution in [1.82, 2.24) is 0 Å². The van der Waals surface area contributed by atoms with Crippen molar-refractivity contribution in [3.05, 3.63) is 0 Å². The van der Waals surface area contributed by atoms with E-state index in [0.717, 1.165) is 12.8 Å². The Morgan fingerprint density at radius 3 is 2.45 bits per heavy atom. The molecular formula is C9H18ClO. The molecule has 2 heteroatoms. The summed E-state index contributed by atoms with van der Waals surface area (Å²) in [5.74, 6) is 0.516. The predicted molar refractivity (Wildman–Crippen MR) is 48.6 cm³/mol. The van der Waals surface area contributed by atoms with Crippen molar-refractivity contribution >= 4 is 11.6 Å². The van der Waals surface area contributed by atoms with E-state index in [2.05, 4.69) is 6.92 Å². The van der Waals surface area contributed by atoms with E-state index in [9.17, 15) is 5.11 Å². The lowest BCUT2D eigenvalue weighted by Crippen LogP contribution is -2.04. The van der Waals surface area contributed by atoms with Gasteiger partial charge in [0.05, 0.1) is 6.10 Å². The Kier molecular flexibility index (Phi) is 8.54. The minimum atomic E-state index is -0.413. The van der Waals surface area contributed by atoms with Crippen molar-refractivity contribution in [3.8, 4) is 0 Å². The zero-order valence-corrected chi connectivity index (χ0v) is 8.07. The van der Waals surface area contributed by atoms with Crippen LogP contribution in [0, 0.1) is 0 Å². The van der Waals surface area contributed by atoms with Crippen LogP contribution in [-0.4, -0.2) is 12.0 Å². The first-order chi connectivity index (χ1) is 5.31. The molecule has 0 spiro atoms. The van der Waals surface area contributed by atoms with E-state index in [0.29, 0.717) is 12.3 Å². The second-order valence-electron chi connectivity index (χ2n) is 2.95.